The van der Waals surface area contributed by atoms with Crippen molar-refractivity contribution in [3.05, 3.63) is 86.5 Å². The number of anilines is 1. The van der Waals surface area contributed by atoms with Gasteiger partial charge in [-0.2, -0.15) is 0 Å². The Morgan fingerprint density at radius 1 is 1.23 bits per heavy atom. The van der Waals surface area contributed by atoms with Gasteiger partial charge in [-0.15, -0.1) is 0 Å². The first-order valence-electron chi connectivity index (χ1n) is 10.1. The van der Waals surface area contributed by atoms with Gasteiger partial charge in [0.25, 0.3) is 0 Å². The van der Waals surface area contributed by atoms with Gasteiger partial charge < -0.3 is 10.2 Å². The second-order valence-electron chi connectivity index (χ2n) is 7.94. The number of hydrogen-bond donors (Lipinski definition) is 1. The van der Waals surface area contributed by atoms with Crippen LogP contribution < -0.4 is 11.2 Å². The summed E-state index contributed by atoms with van der Waals surface area (Å²) in [5, 5.41) is 1.08. The first-order valence-corrected chi connectivity index (χ1v) is 10.5. The maximum Gasteiger partial charge on any atom is 0.197 e. The Morgan fingerprint density at radius 2 is 2.03 bits per heavy atom. The number of fused-ring (bicyclic) bond motifs is 2. The van der Waals surface area contributed by atoms with Crippen LogP contribution >= 0.6 is 11.6 Å². The van der Waals surface area contributed by atoms with E-state index in [1.54, 1.807) is 18.4 Å². The van der Waals surface area contributed by atoms with Crippen LogP contribution in [0.2, 0.25) is 5.02 Å². The largest absolute Gasteiger partial charge is 0.464 e. The molecule has 0 amide bonds. The highest BCUT2D eigenvalue weighted by molar-refractivity contribution is 6.32. The van der Waals surface area contributed by atoms with Crippen LogP contribution in [0.3, 0.4) is 0 Å². The maximum atomic E-state index is 13.0. The van der Waals surface area contributed by atoms with Gasteiger partial charge in [0.15, 0.2) is 11.3 Å². The predicted octanol–water partition coefficient (Wildman–Crippen LogP) is 4.35. The van der Waals surface area contributed by atoms with Crippen LogP contribution in [0.5, 0.6) is 0 Å². The SMILES string of the molecule is Cc1cc2occ(CN3CCc4nc(-c5ccc(N)cc5)ncc4C3)c(=O)c2cc1Cl. The van der Waals surface area contributed by atoms with Crippen LogP contribution in [0.25, 0.3) is 22.4 Å². The molecule has 0 spiro atoms. The number of nitrogens with zero attached hydrogens (tertiary/aromatic N) is 3. The lowest BCUT2D eigenvalue weighted by Gasteiger charge is -2.27. The van der Waals surface area contributed by atoms with E-state index in [9.17, 15) is 4.79 Å². The van der Waals surface area contributed by atoms with Crippen molar-refractivity contribution < 1.29 is 4.42 Å². The molecule has 31 heavy (non-hydrogen) atoms. The average Bonchev–Trinajstić information content (AvgIpc) is 2.77. The van der Waals surface area contributed by atoms with Crippen LogP contribution in [0.1, 0.15) is 22.4 Å². The zero-order valence-electron chi connectivity index (χ0n) is 17.1. The smallest absolute Gasteiger partial charge is 0.197 e. The molecule has 2 aromatic heterocycles. The van der Waals surface area contributed by atoms with Crippen molar-refractivity contribution in [1.82, 2.24) is 14.9 Å². The van der Waals surface area contributed by atoms with Gasteiger partial charge in [0.1, 0.15) is 5.58 Å². The molecule has 1 aliphatic heterocycles. The van der Waals surface area contributed by atoms with E-state index < -0.39 is 0 Å². The van der Waals surface area contributed by atoms with Gasteiger partial charge >= 0.3 is 0 Å². The van der Waals surface area contributed by atoms with E-state index in [2.05, 4.69) is 9.88 Å². The second kappa shape index (κ2) is 7.80. The number of halogens is 1. The molecule has 3 heterocycles. The summed E-state index contributed by atoms with van der Waals surface area (Å²) in [6.45, 7) is 3.88. The van der Waals surface area contributed by atoms with Gasteiger partial charge in [-0.1, -0.05) is 11.6 Å². The molecule has 4 aromatic rings. The fourth-order valence-electron chi connectivity index (χ4n) is 3.92. The first kappa shape index (κ1) is 19.7. The summed E-state index contributed by atoms with van der Waals surface area (Å²) >= 11 is 6.21. The van der Waals surface area contributed by atoms with Crippen LogP contribution in [0.15, 0.2) is 58.1 Å². The molecule has 0 radical (unpaired) electrons. The number of aromatic nitrogens is 2. The molecule has 5 rings (SSSR count). The molecule has 0 fully saturated rings. The average molecular weight is 433 g/mol. The van der Waals surface area contributed by atoms with Crippen LogP contribution in [-0.4, -0.2) is 21.4 Å². The van der Waals surface area contributed by atoms with Crippen molar-refractivity contribution in [3.8, 4) is 11.4 Å². The Kier molecular flexibility index (Phi) is 4.96. The Morgan fingerprint density at radius 3 is 2.84 bits per heavy atom. The molecule has 6 nitrogen and oxygen atoms in total. The molecular formula is C24H21ClN4O2. The van der Waals surface area contributed by atoms with E-state index in [1.165, 1.54) is 0 Å². The third kappa shape index (κ3) is 3.80. The van der Waals surface area contributed by atoms with Crippen LogP contribution in [-0.2, 0) is 19.5 Å². The number of benzene rings is 2. The number of hydrogen-bond acceptors (Lipinski definition) is 6. The van der Waals surface area contributed by atoms with E-state index in [-0.39, 0.29) is 5.43 Å². The lowest BCUT2D eigenvalue weighted by molar-refractivity contribution is 0.240. The van der Waals surface area contributed by atoms with Crippen molar-refractivity contribution in [2.75, 3.05) is 12.3 Å². The zero-order valence-corrected chi connectivity index (χ0v) is 17.8. The third-order valence-corrected chi connectivity index (χ3v) is 6.11. The molecule has 2 aromatic carbocycles. The predicted molar refractivity (Wildman–Crippen MR) is 122 cm³/mol. The van der Waals surface area contributed by atoms with Crippen molar-refractivity contribution in [2.24, 2.45) is 0 Å². The molecule has 1 aliphatic rings. The Labute approximate surface area is 184 Å². The summed E-state index contributed by atoms with van der Waals surface area (Å²) in [7, 11) is 0. The Hall–Kier alpha value is -3.22. The highest BCUT2D eigenvalue weighted by Gasteiger charge is 2.20. The number of nitrogens with two attached hydrogens (primary N) is 1. The summed E-state index contributed by atoms with van der Waals surface area (Å²) in [4.78, 5) is 24.5. The number of rotatable bonds is 3. The van der Waals surface area contributed by atoms with Gasteiger partial charge in [0.05, 0.1) is 17.3 Å². The minimum Gasteiger partial charge on any atom is -0.464 e. The lowest BCUT2D eigenvalue weighted by atomic mass is 10.1. The molecule has 0 saturated heterocycles. The second-order valence-corrected chi connectivity index (χ2v) is 8.34. The van der Waals surface area contributed by atoms with Crippen molar-refractivity contribution in [2.45, 2.75) is 26.4 Å². The molecule has 0 unspecified atom stereocenters. The molecular weight excluding hydrogens is 412 g/mol. The monoisotopic (exact) mass is 432 g/mol. The number of nitrogen functional groups attached to an aromatic ring is 1. The van der Waals surface area contributed by atoms with Gasteiger partial charge in [-0.3, -0.25) is 9.69 Å². The van der Waals surface area contributed by atoms with Gasteiger partial charge in [0, 0.05) is 59.7 Å². The van der Waals surface area contributed by atoms with E-state index in [1.807, 2.05) is 37.4 Å². The minimum absolute atomic E-state index is 0.0381. The standard InChI is InChI=1S/C24H21ClN4O2/c1-14-8-22-19(9-20(14)25)23(30)17(13-31-22)12-29-7-6-21-16(11-29)10-27-24(28-21)15-2-4-18(26)5-3-15/h2-5,8-10,13H,6-7,11-12,26H2,1H3. The molecule has 0 bridgehead atoms. The summed E-state index contributed by atoms with van der Waals surface area (Å²) in [5.41, 5.74) is 11.6. The Bertz CT molecular complexity index is 1350. The molecule has 156 valence electrons. The zero-order chi connectivity index (χ0) is 21.5. The van der Waals surface area contributed by atoms with E-state index in [4.69, 9.17) is 26.7 Å². The van der Waals surface area contributed by atoms with Gasteiger partial charge in [-0.25, -0.2) is 9.97 Å². The highest BCUT2D eigenvalue weighted by atomic mass is 35.5. The van der Waals surface area contributed by atoms with Crippen LogP contribution in [0.4, 0.5) is 5.69 Å². The topological polar surface area (TPSA) is 85.2 Å². The molecule has 2 N–H and O–H groups in total. The summed E-state index contributed by atoms with van der Waals surface area (Å²) < 4.78 is 5.72. The molecule has 7 heteroatoms. The summed E-state index contributed by atoms with van der Waals surface area (Å²) in [6.07, 6.45) is 4.24. The summed E-state index contributed by atoms with van der Waals surface area (Å²) in [5.74, 6) is 0.703. The molecule has 0 saturated carbocycles. The van der Waals surface area contributed by atoms with E-state index in [0.717, 1.165) is 35.3 Å². The number of aryl methyl sites for hydroxylation is 1. The Balaban J connectivity index is 1.38. The highest BCUT2D eigenvalue weighted by Crippen LogP contribution is 2.24. The van der Waals surface area contributed by atoms with Crippen molar-refractivity contribution >= 4 is 28.3 Å². The first-order chi connectivity index (χ1) is 15.0. The maximum absolute atomic E-state index is 13.0. The fraction of sp³-hybridized carbons (Fsp3) is 0.208. The summed E-state index contributed by atoms with van der Waals surface area (Å²) in [6, 6.07) is 11.1. The van der Waals surface area contributed by atoms with Gasteiger partial charge in [0.2, 0.25) is 0 Å². The third-order valence-electron chi connectivity index (χ3n) is 5.70. The van der Waals surface area contributed by atoms with Crippen molar-refractivity contribution in [1.29, 1.82) is 0 Å². The van der Waals surface area contributed by atoms with E-state index in [0.29, 0.717) is 46.2 Å². The quantitative estimate of drug-likeness (QED) is 0.484. The minimum atomic E-state index is -0.0381. The molecule has 0 aliphatic carbocycles. The van der Waals surface area contributed by atoms with Crippen molar-refractivity contribution in [3.63, 3.8) is 0 Å². The van der Waals surface area contributed by atoms with Gasteiger partial charge in [-0.05, 0) is 48.9 Å². The fourth-order valence-corrected chi connectivity index (χ4v) is 4.09. The van der Waals surface area contributed by atoms with E-state index >= 15 is 0 Å². The normalized spacial score (nSPS) is 14.0. The van der Waals surface area contributed by atoms with Crippen LogP contribution in [0, 0.1) is 6.92 Å². The molecule has 0 atom stereocenters. The lowest BCUT2D eigenvalue weighted by Crippen LogP contribution is -2.32.